The second-order valence-electron chi connectivity index (χ2n) is 5.28. The van der Waals surface area contributed by atoms with E-state index in [2.05, 4.69) is 4.98 Å². The maximum Gasteiger partial charge on any atom is 0.350 e. The third kappa shape index (κ3) is 3.16. The van der Waals surface area contributed by atoms with Crippen LogP contribution in [0.1, 0.15) is 22.2 Å². The van der Waals surface area contributed by atoms with E-state index in [1.165, 1.54) is 11.3 Å². The zero-order chi connectivity index (χ0) is 17.1. The number of carbonyl (C=O) groups is 1. The van der Waals surface area contributed by atoms with Crippen molar-refractivity contribution >= 4 is 17.3 Å². The van der Waals surface area contributed by atoms with Crippen LogP contribution in [0.4, 0.5) is 0 Å². The van der Waals surface area contributed by atoms with Crippen molar-refractivity contribution in [1.82, 2.24) is 4.98 Å². The summed E-state index contributed by atoms with van der Waals surface area (Å²) in [5.41, 5.74) is 3.30. The van der Waals surface area contributed by atoms with Gasteiger partial charge in [0.15, 0.2) is 0 Å². The largest absolute Gasteiger partial charge is 0.508 e. The molecule has 3 aromatic rings. The molecule has 0 aliphatic rings. The van der Waals surface area contributed by atoms with Crippen molar-refractivity contribution < 1.29 is 14.6 Å². The quantitative estimate of drug-likeness (QED) is 0.702. The summed E-state index contributed by atoms with van der Waals surface area (Å²) < 4.78 is 5.18. The lowest BCUT2D eigenvalue weighted by atomic mass is 10.1. The Balaban J connectivity index is 2.14. The van der Waals surface area contributed by atoms with E-state index in [9.17, 15) is 9.90 Å². The SMILES string of the molecule is CCOC(=O)c1sc(-c2ccc(O)cc2C)nc1-c1ccccc1. The Labute approximate surface area is 144 Å². The number of benzene rings is 2. The highest BCUT2D eigenvalue weighted by Gasteiger charge is 2.21. The van der Waals surface area contributed by atoms with Crippen molar-refractivity contribution in [2.24, 2.45) is 0 Å². The molecule has 0 amide bonds. The molecule has 1 heterocycles. The Morgan fingerprint density at radius 3 is 2.62 bits per heavy atom. The van der Waals surface area contributed by atoms with Gasteiger partial charge >= 0.3 is 5.97 Å². The number of thiazole rings is 1. The van der Waals surface area contributed by atoms with Gasteiger partial charge in [-0.25, -0.2) is 9.78 Å². The van der Waals surface area contributed by atoms with Crippen molar-refractivity contribution in [2.45, 2.75) is 13.8 Å². The van der Waals surface area contributed by atoms with Gasteiger partial charge in [0.25, 0.3) is 0 Å². The first kappa shape index (κ1) is 16.2. The first-order chi connectivity index (χ1) is 11.6. The fraction of sp³-hybridized carbons (Fsp3) is 0.158. The van der Waals surface area contributed by atoms with Crippen LogP contribution in [0.5, 0.6) is 5.75 Å². The van der Waals surface area contributed by atoms with Crippen LogP contribution in [0.15, 0.2) is 48.5 Å². The number of esters is 1. The van der Waals surface area contributed by atoms with Gasteiger partial charge in [-0.2, -0.15) is 0 Å². The molecule has 0 spiro atoms. The minimum Gasteiger partial charge on any atom is -0.508 e. The van der Waals surface area contributed by atoms with E-state index in [4.69, 9.17) is 4.74 Å². The third-order valence-electron chi connectivity index (χ3n) is 3.58. The molecule has 1 aromatic heterocycles. The lowest BCUT2D eigenvalue weighted by molar-refractivity contribution is 0.0532. The fourth-order valence-corrected chi connectivity index (χ4v) is 3.52. The molecule has 0 saturated heterocycles. The lowest BCUT2D eigenvalue weighted by Gasteiger charge is -2.02. The van der Waals surface area contributed by atoms with Gasteiger partial charge in [-0.15, -0.1) is 11.3 Å². The predicted octanol–water partition coefficient (Wildman–Crippen LogP) is 4.67. The standard InChI is InChI=1S/C19H17NO3S/c1-3-23-19(22)17-16(13-7-5-4-6-8-13)20-18(24-17)15-10-9-14(21)11-12(15)2/h4-11,21H,3H2,1-2H3. The Morgan fingerprint density at radius 2 is 1.96 bits per heavy atom. The molecule has 24 heavy (non-hydrogen) atoms. The Hall–Kier alpha value is -2.66. The van der Waals surface area contributed by atoms with E-state index in [1.807, 2.05) is 43.3 Å². The van der Waals surface area contributed by atoms with E-state index in [0.29, 0.717) is 17.2 Å². The summed E-state index contributed by atoms with van der Waals surface area (Å²) in [5.74, 6) is -0.154. The zero-order valence-electron chi connectivity index (χ0n) is 13.4. The van der Waals surface area contributed by atoms with Crippen LogP contribution in [0.2, 0.25) is 0 Å². The van der Waals surface area contributed by atoms with Crippen LogP contribution >= 0.6 is 11.3 Å². The van der Waals surface area contributed by atoms with E-state index in [0.717, 1.165) is 21.7 Å². The van der Waals surface area contributed by atoms with Crippen LogP contribution in [-0.2, 0) is 4.74 Å². The van der Waals surface area contributed by atoms with Gasteiger partial charge < -0.3 is 9.84 Å². The van der Waals surface area contributed by atoms with Crippen LogP contribution in [0.3, 0.4) is 0 Å². The van der Waals surface area contributed by atoms with Crippen molar-refractivity contribution in [3.8, 4) is 27.6 Å². The summed E-state index contributed by atoms with van der Waals surface area (Å²) in [6.45, 7) is 4.01. The minimum absolute atomic E-state index is 0.210. The van der Waals surface area contributed by atoms with Crippen molar-refractivity contribution in [2.75, 3.05) is 6.61 Å². The Morgan fingerprint density at radius 1 is 1.21 bits per heavy atom. The monoisotopic (exact) mass is 339 g/mol. The molecule has 2 aromatic carbocycles. The number of hydrogen-bond acceptors (Lipinski definition) is 5. The van der Waals surface area contributed by atoms with Crippen LogP contribution in [0.25, 0.3) is 21.8 Å². The average Bonchev–Trinajstić information content (AvgIpc) is 3.01. The first-order valence-electron chi connectivity index (χ1n) is 7.63. The second-order valence-corrected chi connectivity index (χ2v) is 6.28. The normalized spacial score (nSPS) is 10.6. The van der Waals surface area contributed by atoms with E-state index < -0.39 is 0 Å². The number of aromatic hydroxyl groups is 1. The molecule has 0 fully saturated rings. The van der Waals surface area contributed by atoms with Gasteiger partial charge in [0.05, 0.1) is 12.3 Å². The van der Waals surface area contributed by atoms with E-state index in [1.54, 1.807) is 19.1 Å². The number of aromatic nitrogens is 1. The number of nitrogens with zero attached hydrogens (tertiary/aromatic N) is 1. The molecule has 5 heteroatoms. The van der Waals surface area contributed by atoms with E-state index >= 15 is 0 Å². The highest BCUT2D eigenvalue weighted by Crippen LogP contribution is 2.36. The predicted molar refractivity (Wildman–Crippen MR) is 95.3 cm³/mol. The van der Waals surface area contributed by atoms with Crippen LogP contribution < -0.4 is 0 Å². The molecule has 0 bridgehead atoms. The lowest BCUT2D eigenvalue weighted by Crippen LogP contribution is -2.03. The number of phenolic OH excluding ortho intramolecular Hbond substituents is 1. The van der Waals surface area contributed by atoms with Crippen LogP contribution in [0, 0.1) is 6.92 Å². The highest BCUT2D eigenvalue weighted by atomic mass is 32.1. The summed E-state index contributed by atoms with van der Waals surface area (Å²) in [4.78, 5) is 17.5. The molecule has 0 radical (unpaired) electrons. The maximum atomic E-state index is 12.3. The van der Waals surface area contributed by atoms with Crippen molar-refractivity contribution in [3.05, 3.63) is 59.0 Å². The average molecular weight is 339 g/mol. The highest BCUT2D eigenvalue weighted by molar-refractivity contribution is 7.17. The molecule has 1 N–H and O–H groups in total. The molecule has 3 rings (SSSR count). The third-order valence-corrected chi connectivity index (χ3v) is 4.64. The summed E-state index contributed by atoms with van der Waals surface area (Å²) in [6.07, 6.45) is 0. The molecule has 0 unspecified atom stereocenters. The maximum absolute atomic E-state index is 12.3. The molecule has 0 aliphatic heterocycles. The van der Waals surface area contributed by atoms with Crippen LogP contribution in [-0.4, -0.2) is 22.7 Å². The number of ether oxygens (including phenoxy) is 1. The number of aryl methyl sites for hydroxylation is 1. The zero-order valence-corrected chi connectivity index (χ0v) is 14.3. The summed E-state index contributed by atoms with van der Waals surface area (Å²) in [5, 5.41) is 10.3. The molecule has 0 aliphatic carbocycles. The number of phenols is 1. The Bertz CT molecular complexity index is 872. The topological polar surface area (TPSA) is 59.4 Å². The summed E-state index contributed by atoms with van der Waals surface area (Å²) >= 11 is 1.31. The van der Waals surface area contributed by atoms with Gasteiger partial charge in [0.2, 0.25) is 0 Å². The first-order valence-corrected chi connectivity index (χ1v) is 8.45. The molecular formula is C19H17NO3S. The molecule has 0 atom stereocenters. The molecule has 122 valence electrons. The summed E-state index contributed by atoms with van der Waals surface area (Å²) in [7, 11) is 0. The van der Waals surface area contributed by atoms with Gasteiger partial charge in [-0.3, -0.25) is 0 Å². The van der Waals surface area contributed by atoms with Gasteiger partial charge in [-0.1, -0.05) is 30.3 Å². The second kappa shape index (κ2) is 6.84. The molecule has 0 saturated carbocycles. The number of carbonyl (C=O) groups excluding carboxylic acids is 1. The van der Waals surface area contributed by atoms with Crippen molar-refractivity contribution in [3.63, 3.8) is 0 Å². The summed E-state index contributed by atoms with van der Waals surface area (Å²) in [6, 6.07) is 14.7. The molecule has 4 nitrogen and oxygen atoms in total. The Kier molecular flexibility index (Phi) is 4.62. The van der Waals surface area contributed by atoms with Gasteiger partial charge in [0, 0.05) is 11.1 Å². The fourth-order valence-electron chi connectivity index (χ4n) is 2.45. The van der Waals surface area contributed by atoms with E-state index in [-0.39, 0.29) is 11.7 Å². The van der Waals surface area contributed by atoms with Gasteiger partial charge in [-0.05, 0) is 37.6 Å². The number of rotatable bonds is 4. The smallest absolute Gasteiger partial charge is 0.350 e. The number of hydrogen-bond donors (Lipinski definition) is 1. The van der Waals surface area contributed by atoms with Crippen molar-refractivity contribution in [1.29, 1.82) is 0 Å². The van der Waals surface area contributed by atoms with Gasteiger partial charge in [0.1, 0.15) is 15.6 Å². The minimum atomic E-state index is -0.364. The molecular weight excluding hydrogens is 322 g/mol.